The molecule has 2 N–H and O–H groups in total. The van der Waals surface area contributed by atoms with Gasteiger partial charge in [-0.05, 0) is 13.3 Å². The molecule has 0 amide bonds. The topological polar surface area (TPSA) is 102 Å². The Morgan fingerprint density at radius 2 is 1.88 bits per heavy atom. The van der Waals surface area contributed by atoms with Gasteiger partial charge in [0, 0.05) is 7.11 Å². The minimum absolute atomic E-state index is 0.183. The van der Waals surface area contributed by atoms with E-state index in [4.69, 9.17) is 9.79 Å². The summed E-state index contributed by atoms with van der Waals surface area (Å²) >= 11 is 0. The molecule has 0 spiro atoms. The first kappa shape index (κ1) is 16.0. The summed E-state index contributed by atoms with van der Waals surface area (Å²) in [6.45, 7) is 3.55. The van der Waals surface area contributed by atoms with Crippen LogP contribution in [0.4, 0.5) is 0 Å². The molecule has 0 radical (unpaired) electrons. The molecule has 7 nitrogen and oxygen atoms in total. The standard InChI is InChI=1S/C7H16O7P2/c1-4-7(2)5-6-13-16(10,11)14-15(8,9)12-3/h5H,4,6H2,1-3H3,(H,8,9)(H,10,11)/b7-5-. The monoisotopic (exact) mass is 274 g/mol. The third-order valence-corrected chi connectivity index (χ3v) is 4.25. The smallest absolute Gasteiger partial charge is 0.302 e. The highest BCUT2D eigenvalue weighted by Gasteiger charge is 2.33. The summed E-state index contributed by atoms with van der Waals surface area (Å²) in [6, 6.07) is 0. The van der Waals surface area contributed by atoms with Crippen LogP contribution in [-0.4, -0.2) is 23.5 Å². The van der Waals surface area contributed by atoms with Crippen molar-refractivity contribution in [2.45, 2.75) is 20.3 Å². The number of allylic oxidation sites excluding steroid dienone is 1. The zero-order chi connectivity index (χ0) is 12.8. The molecular formula is C7H16O7P2. The molecule has 0 aliphatic rings. The minimum Gasteiger partial charge on any atom is -0.302 e. The van der Waals surface area contributed by atoms with Crippen LogP contribution in [0.1, 0.15) is 20.3 Å². The highest BCUT2D eigenvalue weighted by atomic mass is 31.3. The third-order valence-electron chi connectivity index (χ3n) is 1.66. The van der Waals surface area contributed by atoms with Crippen molar-refractivity contribution >= 4 is 15.6 Å². The molecule has 0 aromatic heterocycles. The second-order valence-corrected chi connectivity index (χ2v) is 6.05. The first-order valence-corrected chi connectivity index (χ1v) is 7.44. The van der Waals surface area contributed by atoms with E-state index in [1.54, 1.807) is 6.08 Å². The molecule has 0 rings (SSSR count). The average molecular weight is 274 g/mol. The van der Waals surface area contributed by atoms with Crippen molar-refractivity contribution in [1.82, 2.24) is 0 Å². The van der Waals surface area contributed by atoms with Crippen molar-refractivity contribution in [3.05, 3.63) is 11.6 Å². The van der Waals surface area contributed by atoms with Crippen molar-refractivity contribution in [2.24, 2.45) is 0 Å². The zero-order valence-electron chi connectivity index (χ0n) is 9.32. The van der Waals surface area contributed by atoms with Crippen molar-refractivity contribution in [2.75, 3.05) is 13.7 Å². The number of phosphoric acid groups is 2. The maximum atomic E-state index is 11.1. The van der Waals surface area contributed by atoms with Gasteiger partial charge in [-0.2, -0.15) is 4.31 Å². The molecule has 16 heavy (non-hydrogen) atoms. The normalized spacial score (nSPS) is 20.2. The van der Waals surface area contributed by atoms with Gasteiger partial charge in [-0.1, -0.05) is 18.6 Å². The van der Waals surface area contributed by atoms with Gasteiger partial charge < -0.3 is 9.79 Å². The first-order valence-electron chi connectivity index (χ1n) is 4.45. The maximum Gasteiger partial charge on any atom is 0.481 e. The quantitative estimate of drug-likeness (QED) is 0.542. The van der Waals surface area contributed by atoms with Gasteiger partial charge in [0.15, 0.2) is 0 Å². The van der Waals surface area contributed by atoms with Crippen molar-refractivity contribution in [3.8, 4) is 0 Å². The number of phosphoric ester groups is 2. The van der Waals surface area contributed by atoms with Gasteiger partial charge in [0.1, 0.15) is 0 Å². The molecule has 0 saturated carbocycles. The lowest BCUT2D eigenvalue weighted by Crippen LogP contribution is -1.96. The minimum atomic E-state index is -4.58. The van der Waals surface area contributed by atoms with Gasteiger partial charge in [0.2, 0.25) is 0 Å². The molecule has 0 saturated heterocycles. The summed E-state index contributed by atoms with van der Waals surface area (Å²) in [5.74, 6) is 0. The second kappa shape index (κ2) is 6.67. The molecule has 0 aromatic rings. The van der Waals surface area contributed by atoms with Crippen LogP contribution in [0.15, 0.2) is 11.6 Å². The summed E-state index contributed by atoms with van der Waals surface area (Å²) in [5.41, 5.74) is 0.957. The van der Waals surface area contributed by atoms with E-state index in [0.29, 0.717) is 0 Å². The largest absolute Gasteiger partial charge is 0.481 e. The SMILES string of the molecule is CC/C(C)=C\COP(=O)(O)OP(=O)(O)OC. The Hall–Kier alpha value is -0.0000000000000000416. The van der Waals surface area contributed by atoms with Crippen LogP contribution in [0.5, 0.6) is 0 Å². The maximum absolute atomic E-state index is 11.1. The van der Waals surface area contributed by atoms with Crippen LogP contribution in [0.3, 0.4) is 0 Å². The number of hydrogen-bond acceptors (Lipinski definition) is 5. The van der Waals surface area contributed by atoms with E-state index in [9.17, 15) is 9.13 Å². The van der Waals surface area contributed by atoms with E-state index < -0.39 is 15.6 Å². The summed E-state index contributed by atoms with van der Waals surface area (Å²) in [4.78, 5) is 17.8. The average Bonchev–Trinajstić information content (AvgIpc) is 2.15. The van der Waals surface area contributed by atoms with E-state index in [-0.39, 0.29) is 6.61 Å². The predicted octanol–water partition coefficient (Wildman–Crippen LogP) is 2.22. The highest BCUT2D eigenvalue weighted by Crippen LogP contribution is 2.59. The molecule has 0 aliphatic carbocycles. The van der Waals surface area contributed by atoms with E-state index in [0.717, 1.165) is 19.1 Å². The highest BCUT2D eigenvalue weighted by molar-refractivity contribution is 7.61. The third kappa shape index (κ3) is 7.30. The summed E-state index contributed by atoms with van der Waals surface area (Å²) in [6.07, 6.45) is 2.35. The van der Waals surface area contributed by atoms with E-state index in [1.165, 1.54) is 0 Å². The van der Waals surface area contributed by atoms with Crippen LogP contribution in [-0.2, 0) is 22.5 Å². The van der Waals surface area contributed by atoms with Gasteiger partial charge >= 0.3 is 15.6 Å². The van der Waals surface area contributed by atoms with Crippen LogP contribution in [0.25, 0.3) is 0 Å². The lowest BCUT2D eigenvalue weighted by Gasteiger charge is -2.13. The molecule has 9 heteroatoms. The molecule has 2 atom stereocenters. The first-order chi connectivity index (χ1) is 7.22. The van der Waals surface area contributed by atoms with E-state index in [1.807, 2.05) is 13.8 Å². The van der Waals surface area contributed by atoms with Gasteiger partial charge in [-0.3, -0.25) is 9.05 Å². The fourth-order valence-electron chi connectivity index (χ4n) is 0.605. The Bertz CT molecular complexity index is 338. The Balaban J connectivity index is 4.27. The van der Waals surface area contributed by atoms with Crippen molar-refractivity contribution in [3.63, 3.8) is 0 Å². The lowest BCUT2D eigenvalue weighted by atomic mass is 10.2. The van der Waals surface area contributed by atoms with Crippen LogP contribution < -0.4 is 0 Å². The Kier molecular flexibility index (Phi) is 6.67. The summed E-state index contributed by atoms with van der Waals surface area (Å²) in [5, 5.41) is 0. The predicted molar refractivity (Wildman–Crippen MR) is 57.7 cm³/mol. The Labute approximate surface area is 94.3 Å². The Morgan fingerprint density at radius 3 is 2.31 bits per heavy atom. The van der Waals surface area contributed by atoms with Crippen molar-refractivity contribution in [1.29, 1.82) is 0 Å². The molecule has 0 aromatic carbocycles. The van der Waals surface area contributed by atoms with Gasteiger partial charge in [-0.15, -0.1) is 0 Å². The molecule has 96 valence electrons. The van der Waals surface area contributed by atoms with Gasteiger partial charge in [0.05, 0.1) is 6.61 Å². The summed E-state index contributed by atoms with van der Waals surface area (Å²) < 4.78 is 34.3. The molecule has 2 unspecified atom stereocenters. The molecule has 0 aliphatic heterocycles. The van der Waals surface area contributed by atoms with Crippen LogP contribution in [0, 0.1) is 0 Å². The van der Waals surface area contributed by atoms with Crippen molar-refractivity contribution < 1.29 is 32.3 Å². The van der Waals surface area contributed by atoms with Crippen LogP contribution in [0.2, 0.25) is 0 Å². The van der Waals surface area contributed by atoms with Gasteiger partial charge in [0.25, 0.3) is 0 Å². The number of hydrogen-bond donors (Lipinski definition) is 2. The molecular weight excluding hydrogens is 258 g/mol. The Morgan fingerprint density at radius 1 is 1.31 bits per heavy atom. The zero-order valence-corrected chi connectivity index (χ0v) is 11.1. The van der Waals surface area contributed by atoms with E-state index in [2.05, 4.69) is 13.4 Å². The lowest BCUT2D eigenvalue weighted by molar-refractivity contribution is 0.178. The van der Waals surface area contributed by atoms with Crippen LogP contribution >= 0.6 is 15.6 Å². The molecule has 0 bridgehead atoms. The molecule has 0 fully saturated rings. The summed E-state index contributed by atoms with van der Waals surface area (Å²) in [7, 11) is -8.23. The van der Waals surface area contributed by atoms with Gasteiger partial charge in [-0.25, -0.2) is 9.13 Å². The molecule has 0 heterocycles. The number of rotatable bonds is 7. The fourth-order valence-corrected chi connectivity index (χ4v) is 2.37. The second-order valence-electron chi connectivity index (χ2n) is 2.90. The fraction of sp³-hybridized carbons (Fsp3) is 0.714. The van der Waals surface area contributed by atoms with E-state index >= 15 is 0 Å².